The van der Waals surface area contributed by atoms with Crippen molar-refractivity contribution in [3.63, 3.8) is 0 Å². The van der Waals surface area contributed by atoms with E-state index in [4.69, 9.17) is 4.74 Å². The van der Waals surface area contributed by atoms with Gasteiger partial charge >= 0.3 is 0 Å². The molecule has 1 aliphatic heterocycles. The summed E-state index contributed by atoms with van der Waals surface area (Å²) in [7, 11) is -1.93. The van der Waals surface area contributed by atoms with Crippen LogP contribution in [0.2, 0.25) is 0 Å². The second-order valence-corrected chi connectivity index (χ2v) is 10.4. The lowest BCUT2D eigenvalue weighted by molar-refractivity contribution is 0.153. The zero-order valence-electron chi connectivity index (χ0n) is 19.8. The van der Waals surface area contributed by atoms with Crippen molar-refractivity contribution in [3.8, 4) is 0 Å². The number of nitrogens with zero attached hydrogens (tertiary/aromatic N) is 4. The summed E-state index contributed by atoms with van der Waals surface area (Å²) in [6.07, 6.45) is 1.65. The summed E-state index contributed by atoms with van der Waals surface area (Å²) < 4.78 is 32.5. The van der Waals surface area contributed by atoms with E-state index in [1.54, 1.807) is 20.2 Å². The van der Waals surface area contributed by atoms with Gasteiger partial charge in [0.25, 0.3) is 0 Å². The number of anilines is 1. The van der Waals surface area contributed by atoms with Crippen LogP contribution in [0.3, 0.4) is 0 Å². The molecule has 0 N–H and O–H groups in total. The summed E-state index contributed by atoms with van der Waals surface area (Å²) in [5.41, 5.74) is 4.26. The minimum Gasteiger partial charge on any atom is -0.497 e. The molecule has 0 radical (unpaired) electrons. The van der Waals surface area contributed by atoms with E-state index in [1.165, 1.54) is 4.31 Å². The number of methoxy groups -OCH3 is 1. The maximum Gasteiger partial charge on any atom is 0.235 e. The van der Waals surface area contributed by atoms with E-state index in [9.17, 15) is 8.42 Å². The van der Waals surface area contributed by atoms with Gasteiger partial charge in [-0.15, -0.1) is 0 Å². The maximum atomic E-state index is 13.0. The van der Waals surface area contributed by atoms with Crippen LogP contribution in [0.1, 0.15) is 30.7 Å². The van der Waals surface area contributed by atoms with Crippen LogP contribution in [0, 0.1) is 0 Å². The van der Waals surface area contributed by atoms with Crippen LogP contribution in [-0.4, -0.2) is 62.2 Å². The number of rotatable bonds is 10. The fraction of sp³-hybridized carbons (Fsp3) is 0.400. The van der Waals surface area contributed by atoms with Gasteiger partial charge in [-0.3, -0.25) is 14.2 Å². The minimum atomic E-state index is -3.49. The predicted molar refractivity (Wildman–Crippen MR) is 134 cm³/mol. The third kappa shape index (κ3) is 6.36. The summed E-state index contributed by atoms with van der Waals surface area (Å²) in [5.74, 6) is 0.530. The molecule has 1 aromatic heterocycles. The van der Waals surface area contributed by atoms with Gasteiger partial charge in [0.1, 0.15) is 5.76 Å². The molecule has 0 bridgehead atoms. The number of piperazine rings is 1. The first kappa shape index (κ1) is 24.8. The monoisotopic (exact) mass is 470 g/mol. The van der Waals surface area contributed by atoms with E-state index < -0.39 is 10.0 Å². The van der Waals surface area contributed by atoms with Crippen molar-refractivity contribution in [1.82, 2.24) is 14.8 Å². The van der Waals surface area contributed by atoms with Gasteiger partial charge in [-0.2, -0.15) is 0 Å². The number of allylic oxidation sites excluding steroid dienone is 1. The number of hydrogen-bond acceptors (Lipinski definition) is 6. The highest BCUT2D eigenvalue weighted by Crippen LogP contribution is 2.24. The van der Waals surface area contributed by atoms with Gasteiger partial charge in [0, 0.05) is 50.2 Å². The third-order valence-electron chi connectivity index (χ3n) is 5.92. The maximum absolute atomic E-state index is 13.0. The standard InChI is InChI=1S/C25H34N4O3S/c1-6-33(30,31)29(19-24-11-10-23(17-26-24)21(4)32-5)25-9-7-8-22(16-25)18-27-12-14-28(15-13-27)20(2)3/h7-11,16-17H,2,4,6,12-15,18-19H2,1,3,5H3. The first-order valence-electron chi connectivity index (χ1n) is 11.1. The zero-order valence-corrected chi connectivity index (χ0v) is 20.6. The molecule has 8 heteroatoms. The van der Waals surface area contributed by atoms with Gasteiger partial charge in [0.05, 0.1) is 30.8 Å². The van der Waals surface area contributed by atoms with Gasteiger partial charge < -0.3 is 9.64 Å². The Bertz CT molecular complexity index is 1080. The first-order chi connectivity index (χ1) is 15.7. The molecule has 0 saturated carbocycles. The molecular formula is C25H34N4O3S. The van der Waals surface area contributed by atoms with Crippen molar-refractivity contribution in [2.75, 3.05) is 43.3 Å². The van der Waals surface area contributed by atoms with Gasteiger partial charge in [0.2, 0.25) is 10.0 Å². The molecule has 0 aliphatic carbocycles. The van der Waals surface area contributed by atoms with E-state index in [2.05, 4.69) is 34.0 Å². The Morgan fingerprint density at radius 2 is 1.88 bits per heavy atom. The Morgan fingerprint density at radius 1 is 1.15 bits per heavy atom. The van der Waals surface area contributed by atoms with E-state index in [-0.39, 0.29) is 12.3 Å². The molecule has 1 saturated heterocycles. The molecule has 0 amide bonds. The third-order valence-corrected chi connectivity index (χ3v) is 7.66. The highest BCUT2D eigenvalue weighted by Gasteiger charge is 2.23. The zero-order chi connectivity index (χ0) is 24.0. The van der Waals surface area contributed by atoms with Crippen LogP contribution < -0.4 is 4.31 Å². The summed E-state index contributed by atoms with van der Waals surface area (Å²) in [4.78, 5) is 9.11. The van der Waals surface area contributed by atoms with Crippen molar-refractivity contribution < 1.29 is 13.2 Å². The average Bonchev–Trinajstić information content (AvgIpc) is 2.82. The van der Waals surface area contributed by atoms with Crippen molar-refractivity contribution >= 4 is 21.5 Å². The lowest BCUT2D eigenvalue weighted by Crippen LogP contribution is -2.44. The Morgan fingerprint density at radius 3 is 2.45 bits per heavy atom. The SMILES string of the molecule is C=C(OC)c1ccc(CN(c2cccc(CN3CCN(C(=C)C)CC3)c2)S(=O)(=O)CC)nc1. The number of benzene rings is 1. The highest BCUT2D eigenvalue weighted by atomic mass is 32.2. The van der Waals surface area contributed by atoms with Crippen molar-refractivity contribution in [2.45, 2.75) is 26.9 Å². The van der Waals surface area contributed by atoms with Crippen LogP contribution in [0.4, 0.5) is 5.69 Å². The molecule has 1 aliphatic rings. The molecular weight excluding hydrogens is 436 g/mol. The number of ether oxygens (including phenoxy) is 1. The molecule has 0 unspecified atom stereocenters. The van der Waals surface area contributed by atoms with Crippen molar-refractivity contribution in [1.29, 1.82) is 0 Å². The quantitative estimate of drug-likeness (QED) is 0.493. The van der Waals surface area contributed by atoms with E-state index in [0.717, 1.165) is 49.5 Å². The molecule has 33 heavy (non-hydrogen) atoms. The van der Waals surface area contributed by atoms with E-state index in [0.29, 0.717) is 17.1 Å². The fourth-order valence-corrected chi connectivity index (χ4v) is 4.89. The Kier molecular flexibility index (Phi) is 8.15. The summed E-state index contributed by atoms with van der Waals surface area (Å²) in [5, 5.41) is 0. The van der Waals surface area contributed by atoms with Crippen molar-refractivity contribution in [2.24, 2.45) is 0 Å². The highest BCUT2D eigenvalue weighted by molar-refractivity contribution is 7.92. The Balaban J connectivity index is 1.78. The van der Waals surface area contributed by atoms with E-state index in [1.807, 2.05) is 37.3 Å². The Hall–Kier alpha value is -2.84. The minimum absolute atomic E-state index is 0.0126. The molecule has 1 aromatic carbocycles. The lowest BCUT2D eigenvalue weighted by atomic mass is 10.1. The summed E-state index contributed by atoms with van der Waals surface area (Å²) in [6.45, 7) is 16.3. The van der Waals surface area contributed by atoms with Crippen LogP contribution in [0.5, 0.6) is 0 Å². The van der Waals surface area contributed by atoms with Crippen LogP contribution in [0.25, 0.3) is 5.76 Å². The topological polar surface area (TPSA) is 66.0 Å². The molecule has 178 valence electrons. The Labute approximate surface area is 198 Å². The molecule has 7 nitrogen and oxygen atoms in total. The lowest BCUT2D eigenvalue weighted by Gasteiger charge is -2.36. The average molecular weight is 471 g/mol. The predicted octanol–water partition coefficient (Wildman–Crippen LogP) is 3.71. The molecule has 0 spiro atoms. The van der Waals surface area contributed by atoms with Crippen LogP contribution in [-0.2, 0) is 27.8 Å². The van der Waals surface area contributed by atoms with Gasteiger partial charge in [-0.25, -0.2) is 8.42 Å². The fourth-order valence-electron chi connectivity index (χ4n) is 3.81. The van der Waals surface area contributed by atoms with E-state index >= 15 is 0 Å². The largest absolute Gasteiger partial charge is 0.497 e. The molecule has 2 heterocycles. The second kappa shape index (κ2) is 10.9. The number of pyridine rings is 1. The van der Waals surface area contributed by atoms with Gasteiger partial charge in [0.15, 0.2) is 0 Å². The number of sulfonamides is 1. The number of hydrogen-bond donors (Lipinski definition) is 0. The van der Waals surface area contributed by atoms with Gasteiger partial charge in [-0.1, -0.05) is 25.3 Å². The first-order valence-corrected chi connectivity index (χ1v) is 12.7. The molecule has 0 atom stereocenters. The summed E-state index contributed by atoms with van der Waals surface area (Å²) >= 11 is 0. The molecule has 2 aromatic rings. The normalized spacial score (nSPS) is 14.7. The molecule has 1 fully saturated rings. The van der Waals surface area contributed by atoms with Gasteiger partial charge in [-0.05, 0) is 43.7 Å². The van der Waals surface area contributed by atoms with Crippen molar-refractivity contribution in [3.05, 3.63) is 78.3 Å². The summed E-state index contributed by atoms with van der Waals surface area (Å²) in [6, 6.07) is 11.4. The van der Waals surface area contributed by atoms with Crippen LogP contribution in [0.15, 0.2) is 61.4 Å². The molecule has 3 rings (SSSR count). The smallest absolute Gasteiger partial charge is 0.235 e. The second-order valence-electron chi connectivity index (χ2n) is 8.24. The van der Waals surface area contributed by atoms with Crippen LogP contribution >= 0.6 is 0 Å². The number of aromatic nitrogens is 1.